The number of alkyl halides is 3. The molecule has 1 N–H and O–H groups in total. The number of nitrogens with one attached hydrogen (secondary N) is 1. The van der Waals surface area contributed by atoms with Crippen LogP contribution in [0.3, 0.4) is 0 Å². The van der Waals surface area contributed by atoms with E-state index in [1.54, 1.807) is 30.3 Å². The van der Waals surface area contributed by atoms with Gasteiger partial charge in [0, 0.05) is 29.8 Å². The van der Waals surface area contributed by atoms with Gasteiger partial charge >= 0.3 is 6.18 Å². The predicted octanol–water partition coefficient (Wildman–Crippen LogP) is 2.40. The molecule has 0 atom stereocenters. The van der Waals surface area contributed by atoms with E-state index in [1.165, 1.54) is 4.68 Å². The van der Waals surface area contributed by atoms with Crippen molar-refractivity contribution >= 4 is 5.91 Å². The van der Waals surface area contributed by atoms with E-state index in [9.17, 15) is 18.0 Å². The number of nitrogens with zero attached hydrogens (tertiary/aromatic N) is 2. The average molecular weight is 339 g/mol. The molecular formula is C16H16F3N3O2. The normalized spacial score (nSPS) is 14.3. The average Bonchev–Trinajstić information content (AvgIpc) is 2.95. The molecule has 1 aromatic heterocycles. The number of benzene rings is 1. The minimum absolute atomic E-state index is 0.0828. The van der Waals surface area contributed by atoms with Gasteiger partial charge in [-0.15, -0.1) is 0 Å². The molecule has 8 heteroatoms. The summed E-state index contributed by atoms with van der Waals surface area (Å²) in [6, 6.07) is 8.63. The van der Waals surface area contributed by atoms with Crippen LogP contribution in [0.5, 0.6) is 0 Å². The highest BCUT2D eigenvalue weighted by molar-refractivity contribution is 5.94. The van der Waals surface area contributed by atoms with Crippen LogP contribution in [0.1, 0.15) is 27.3 Å². The molecular weight excluding hydrogens is 323 g/mol. The van der Waals surface area contributed by atoms with Crippen LogP contribution in [0, 0.1) is 0 Å². The summed E-state index contributed by atoms with van der Waals surface area (Å²) >= 11 is 0. The van der Waals surface area contributed by atoms with E-state index in [0.29, 0.717) is 24.3 Å². The van der Waals surface area contributed by atoms with Crippen molar-refractivity contribution in [2.45, 2.75) is 25.7 Å². The number of carbonyl (C=O) groups is 1. The maximum absolute atomic E-state index is 13.1. The van der Waals surface area contributed by atoms with Crippen molar-refractivity contribution in [1.29, 1.82) is 0 Å². The second-order valence-corrected chi connectivity index (χ2v) is 5.42. The number of hydrogen-bond donors (Lipinski definition) is 1. The molecule has 0 saturated heterocycles. The van der Waals surface area contributed by atoms with E-state index in [0.717, 1.165) is 0 Å². The van der Waals surface area contributed by atoms with Crippen molar-refractivity contribution in [2.75, 3.05) is 13.2 Å². The van der Waals surface area contributed by atoms with Crippen LogP contribution in [0.15, 0.2) is 30.3 Å². The Labute approximate surface area is 136 Å². The highest BCUT2D eigenvalue weighted by Gasteiger charge is 2.39. The zero-order valence-corrected chi connectivity index (χ0v) is 12.8. The van der Waals surface area contributed by atoms with E-state index in [2.05, 4.69) is 10.4 Å². The van der Waals surface area contributed by atoms with E-state index >= 15 is 0 Å². The fourth-order valence-electron chi connectivity index (χ4n) is 2.69. The van der Waals surface area contributed by atoms with E-state index in [4.69, 9.17) is 4.74 Å². The van der Waals surface area contributed by atoms with Crippen molar-refractivity contribution in [3.63, 3.8) is 0 Å². The second-order valence-electron chi connectivity index (χ2n) is 5.42. The molecule has 0 bridgehead atoms. The highest BCUT2D eigenvalue weighted by atomic mass is 19.4. The number of aromatic nitrogens is 2. The first-order chi connectivity index (χ1) is 11.5. The summed E-state index contributed by atoms with van der Waals surface area (Å²) in [5.74, 6) is -0.268. The molecule has 128 valence electrons. The number of fused-ring (bicyclic) bond motifs is 1. The van der Waals surface area contributed by atoms with Crippen molar-refractivity contribution in [3.8, 4) is 0 Å². The molecule has 1 aromatic carbocycles. The Morgan fingerprint density at radius 1 is 1.29 bits per heavy atom. The van der Waals surface area contributed by atoms with Crippen LogP contribution in [0.2, 0.25) is 0 Å². The molecule has 0 aliphatic carbocycles. The lowest BCUT2D eigenvalue weighted by Gasteiger charge is -2.15. The maximum atomic E-state index is 13.1. The standard InChI is InChI=1S/C16H16F3N3O2/c17-16(18,19)14-12-10-24-9-6-13(12)22(21-14)8-7-20-15(23)11-4-2-1-3-5-11/h1-5H,6-10H2,(H,20,23). The molecule has 0 saturated carbocycles. The fourth-order valence-corrected chi connectivity index (χ4v) is 2.69. The third-order valence-corrected chi connectivity index (χ3v) is 3.81. The second kappa shape index (κ2) is 6.64. The molecule has 0 spiro atoms. The lowest BCUT2D eigenvalue weighted by atomic mass is 10.1. The summed E-state index contributed by atoms with van der Waals surface area (Å²) < 4.78 is 45.6. The van der Waals surface area contributed by atoms with Crippen LogP contribution < -0.4 is 5.32 Å². The summed E-state index contributed by atoms with van der Waals surface area (Å²) in [6.07, 6.45) is -4.13. The lowest BCUT2D eigenvalue weighted by molar-refractivity contribution is -0.142. The Morgan fingerprint density at radius 3 is 2.75 bits per heavy atom. The van der Waals surface area contributed by atoms with Crippen LogP contribution in [-0.4, -0.2) is 28.8 Å². The monoisotopic (exact) mass is 339 g/mol. The molecule has 0 radical (unpaired) electrons. The third-order valence-electron chi connectivity index (χ3n) is 3.81. The van der Waals surface area contributed by atoms with Crippen LogP contribution >= 0.6 is 0 Å². The van der Waals surface area contributed by atoms with Gasteiger partial charge < -0.3 is 10.1 Å². The van der Waals surface area contributed by atoms with Crippen LogP contribution in [-0.2, 0) is 30.5 Å². The Hall–Kier alpha value is -2.35. The smallest absolute Gasteiger partial charge is 0.376 e. The van der Waals surface area contributed by atoms with Crippen molar-refractivity contribution in [1.82, 2.24) is 15.1 Å². The summed E-state index contributed by atoms with van der Waals surface area (Å²) in [5, 5.41) is 6.38. The van der Waals surface area contributed by atoms with Gasteiger partial charge in [-0.1, -0.05) is 18.2 Å². The molecule has 2 heterocycles. The van der Waals surface area contributed by atoms with Gasteiger partial charge in [0.15, 0.2) is 5.69 Å². The highest BCUT2D eigenvalue weighted by Crippen LogP contribution is 2.34. The van der Waals surface area contributed by atoms with Gasteiger partial charge in [-0.05, 0) is 12.1 Å². The Morgan fingerprint density at radius 2 is 2.04 bits per heavy atom. The molecule has 3 rings (SSSR count). The van der Waals surface area contributed by atoms with Crippen molar-refractivity contribution in [2.24, 2.45) is 0 Å². The van der Waals surface area contributed by atoms with Gasteiger partial charge in [0.25, 0.3) is 5.91 Å². The van der Waals surface area contributed by atoms with E-state index in [-0.39, 0.29) is 31.2 Å². The number of carbonyl (C=O) groups excluding carboxylic acids is 1. The molecule has 1 amide bonds. The van der Waals surface area contributed by atoms with Gasteiger partial charge in [0.1, 0.15) is 0 Å². The van der Waals surface area contributed by atoms with E-state index < -0.39 is 11.9 Å². The quantitative estimate of drug-likeness (QED) is 0.931. The molecule has 24 heavy (non-hydrogen) atoms. The van der Waals surface area contributed by atoms with Gasteiger partial charge in [-0.2, -0.15) is 18.3 Å². The predicted molar refractivity (Wildman–Crippen MR) is 79.4 cm³/mol. The first kappa shape index (κ1) is 16.5. The SMILES string of the molecule is O=C(NCCn1nc(C(F)(F)F)c2c1CCOC2)c1ccccc1. The minimum Gasteiger partial charge on any atom is -0.376 e. The number of amides is 1. The fraction of sp³-hybridized carbons (Fsp3) is 0.375. The Balaban J connectivity index is 1.69. The topological polar surface area (TPSA) is 56.2 Å². The first-order valence-corrected chi connectivity index (χ1v) is 7.53. The summed E-state index contributed by atoms with van der Waals surface area (Å²) in [6.45, 7) is 0.657. The molecule has 1 aliphatic rings. The Kier molecular flexibility index (Phi) is 4.57. The Bertz CT molecular complexity index is 726. The number of halogens is 3. The zero-order chi connectivity index (χ0) is 17.2. The summed E-state index contributed by atoms with van der Waals surface area (Å²) in [5.41, 5.74) is 0.238. The summed E-state index contributed by atoms with van der Waals surface area (Å²) in [7, 11) is 0. The summed E-state index contributed by atoms with van der Waals surface area (Å²) in [4.78, 5) is 11.9. The first-order valence-electron chi connectivity index (χ1n) is 7.53. The third kappa shape index (κ3) is 3.43. The molecule has 2 aromatic rings. The number of rotatable bonds is 4. The van der Waals surface area contributed by atoms with Gasteiger partial charge in [0.2, 0.25) is 0 Å². The van der Waals surface area contributed by atoms with E-state index in [1.807, 2.05) is 0 Å². The molecule has 0 unspecified atom stereocenters. The number of hydrogen-bond acceptors (Lipinski definition) is 3. The van der Waals surface area contributed by atoms with Crippen LogP contribution in [0.25, 0.3) is 0 Å². The molecule has 0 fully saturated rings. The van der Waals surface area contributed by atoms with Gasteiger partial charge in [0.05, 0.1) is 19.8 Å². The zero-order valence-electron chi connectivity index (χ0n) is 12.8. The van der Waals surface area contributed by atoms with Crippen molar-refractivity contribution in [3.05, 3.63) is 52.8 Å². The largest absolute Gasteiger partial charge is 0.435 e. The van der Waals surface area contributed by atoms with Crippen molar-refractivity contribution < 1.29 is 22.7 Å². The van der Waals surface area contributed by atoms with Crippen LogP contribution in [0.4, 0.5) is 13.2 Å². The maximum Gasteiger partial charge on any atom is 0.435 e. The van der Waals surface area contributed by atoms with Gasteiger partial charge in [-0.25, -0.2) is 0 Å². The van der Waals surface area contributed by atoms with Gasteiger partial charge in [-0.3, -0.25) is 9.48 Å². The molecule has 5 nitrogen and oxygen atoms in total. The lowest BCUT2D eigenvalue weighted by Crippen LogP contribution is -2.28. The molecule has 1 aliphatic heterocycles. The minimum atomic E-state index is -4.51. The number of ether oxygens (including phenoxy) is 1.